The standard InChI is InChI=1S/C12H6Cl6N2/c13-11(14,15)8-1-2-20-10(4-8)7-3-9(6-19-5-7)12(16,17)18/h1-6H. The quantitative estimate of drug-likeness (QED) is 0.575. The first kappa shape index (κ1) is 16.4. The normalized spacial score (nSPS) is 12.5. The van der Waals surface area contributed by atoms with Crippen molar-refractivity contribution in [2.45, 2.75) is 7.59 Å². The molecule has 0 spiro atoms. The van der Waals surface area contributed by atoms with Crippen LogP contribution in [0.4, 0.5) is 0 Å². The van der Waals surface area contributed by atoms with Crippen LogP contribution in [-0.2, 0) is 7.59 Å². The molecule has 0 saturated heterocycles. The second-order valence-corrected chi connectivity index (χ2v) is 8.45. The van der Waals surface area contributed by atoms with Crippen molar-refractivity contribution in [1.82, 2.24) is 9.97 Å². The lowest BCUT2D eigenvalue weighted by Crippen LogP contribution is -2.03. The minimum Gasteiger partial charge on any atom is -0.264 e. The first-order valence-corrected chi connectivity index (χ1v) is 7.50. The Kier molecular flexibility index (Phi) is 4.95. The van der Waals surface area contributed by atoms with Gasteiger partial charge in [0.05, 0.1) is 5.69 Å². The molecule has 0 atom stereocenters. The van der Waals surface area contributed by atoms with E-state index in [1.54, 1.807) is 24.4 Å². The first-order chi connectivity index (χ1) is 9.18. The third-order valence-electron chi connectivity index (χ3n) is 2.45. The van der Waals surface area contributed by atoms with Gasteiger partial charge in [-0.15, -0.1) is 0 Å². The zero-order valence-corrected chi connectivity index (χ0v) is 14.2. The van der Waals surface area contributed by atoms with E-state index in [-0.39, 0.29) is 0 Å². The van der Waals surface area contributed by atoms with E-state index in [2.05, 4.69) is 9.97 Å². The van der Waals surface area contributed by atoms with Crippen LogP contribution in [-0.4, -0.2) is 9.97 Å². The van der Waals surface area contributed by atoms with Crippen molar-refractivity contribution in [3.63, 3.8) is 0 Å². The highest BCUT2D eigenvalue weighted by molar-refractivity contribution is 6.67. The van der Waals surface area contributed by atoms with Crippen molar-refractivity contribution < 1.29 is 0 Å². The summed E-state index contributed by atoms with van der Waals surface area (Å²) in [7, 11) is 0. The number of pyridine rings is 2. The van der Waals surface area contributed by atoms with Crippen LogP contribution in [0, 0.1) is 0 Å². The van der Waals surface area contributed by atoms with Gasteiger partial charge in [0.15, 0.2) is 0 Å². The smallest absolute Gasteiger partial charge is 0.217 e. The average molecular weight is 391 g/mol. The maximum Gasteiger partial charge on any atom is 0.217 e. The van der Waals surface area contributed by atoms with Crippen molar-refractivity contribution in [2.24, 2.45) is 0 Å². The fourth-order valence-corrected chi connectivity index (χ4v) is 2.16. The summed E-state index contributed by atoms with van der Waals surface area (Å²) in [6.45, 7) is 0. The maximum absolute atomic E-state index is 5.85. The number of alkyl halides is 6. The minimum absolute atomic E-state index is 0.432. The predicted molar refractivity (Wildman–Crippen MR) is 85.9 cm³/mol. The monoisotopic (exact) mass is 388 g/mol. The van der Waals surface area contributed by atoms with Crippen LogP contribution in [0.25, 0.3) is 11.3 Å². The topological polar surface area (TPSA) is 25.8 Å². The molecule has 0 radical (unpaired) electrons. The van der Waals surface area contributed by atoms with Crippen molar-refractivity contribution in [3.8, 4) is 11.3 Å². The highest BCUT2D eigenvalue weighted by Gasteiger charge is 2.25. The van der Waals surface area contributed by atoms with Crippen molar-refractivity contribution >= 4 is 69.6 Å². The molecule has 106 valence electrons. The van der Waals surface area contributed by atoms with Gasteiger partial charge in [0, 0.05) is 35.3 Å². The third kappa shape index (κ3) is 4.03. The highest BCUT2D eigenvalue weighted by atomic mass is 35.6. The number of halogens is 6. The Morgan fingerprint density at radius 3 is 2.05 bits per heavy atom. The summed E-state index contributed by atoms with van der Waals surface area (Å²) >= 11 is 35.0. The first-order valence-electron chi connectivity index (χ1n) is 5.24. The van der Waals surface area contributed by atoms with Crippen LogP contribution in [0.2, 0.25) is 0 Å². The van der Waals surface area contributed by atoms with Gasteiger partial charge in [0.25, 0.3) is 0 Å². The molecular formula is C12H6Cl6N2. The second-order valence-electron chi connectivity index (χ2n) is 3.89. The van der Waals surface area contributed by atoms with E-state index < -0.39 is 7.59 Å². The molecule has 8 heteroatoms. The molecule has 0 bridgehead atoms. The Labute approximate surface area is 145 Å². The Morgan fingerprint density at radius 2 is 1.45 bits per heavy atom. The van der Waals surface area contributed by atoms with E-state index in [9.17, 15) is 0 Å². The Morgan fingerprint density at radius 1 is 0.800 bits per heavy atom. The molecule has 2 heterocycles. The largest absolute Gasteiger partial charge is 0.264 e. The van der Waals surface area contributed by atoms with E-state index in [0.717, 1.165) is 0 Å². The van der Waals surface area contributed by atoms with Gasteiger partial charge in [-0.25, -0.2) is 0 Å². The lowest BCUT2D eigenvalue weighted by molar-refractivity contribution is 1.15. The summed E-state index contributed by atoms with van der Waals surface area (Å²) in [5, 5.41) is 0. The Bertz CT molecular complexity index is 562. The third-order valence-corrected chi connectivity index (χ3v) is 3.76. The van der Waals surface area contributed by atoms with Crippen molar-refractivity contribution in [3.05, 3.63) is 47.9 Å². The van der Waals surface area contributed by atoms with Crippen LogP contribution >= 0.6 is 69.6 Å². The van der Waals surface area contributed by atoms with Crippen LogP contribution in [0.15, 0.2) is 36.8 Å². The molecule has 0 fully saturated rings. The zero-order chi connectivity index (χ0) is 15.0. The number of rotatable bonds is 1. The van der Waals surface area contributed by atoms with Crippen LogP contribution in [0.5, 0.6) is 0 Å². The number of hydrogen-bond donors (Lipinski definition) is 0. The molecule has 0 aliphatic carbocycles. The van der Waals surface area contributed by atoms with Gasteiger partial charge >= 0.3 is 0 Å². The van der Waals surface area contributed by atoms with Crippen molar-refractivity contribution in [1.29, 1.82) is 0 Å². The molecule has 2 nitrogen and oxygen atoms in total. The lowest BCUT2D eigenvalue weighted by Gasteiger charge is -2.14. The van der Waals surface area contributed by atoms with E-state index >= 15 is 0 Å². The fraction of sp³-hybridized carbons (Fsp3) is 0.167. The van der Waals surface area contributed by atoms with Gasteiger partial charge in [-0.05, 0) is 18.2 Å². The van der Waals surface area contributed by atoms with Gasteiger partial charge in [-0.3, -0.25) is 9.97 Å². The van der Waals surface area contributed by atoms with Gasteiger partial charge in [-0.1, -0.05) is 69.6 Å². The molecule has 0 saturated carbocycles. The highest BCUT2D eigenvalue weighted by Crippen LogP contribution is 2.40. The van der Waals surface area contributed by atoms with Crippen LogP contribution in [0.3, 0.4) is 0 Å². The summed E-state index contributed by atoms with van der Waals surface area (Å²) in [5.41, 5.74) is 2.15. The van der Waals surface area contributed by atoms with E-state index in [0.29, 0.717) is 22.4 Å². The molecule has 0 N–H and O–H groups in total. The van der Waals surface area contributed by atoms with Gasteiger partial charge in [0.2, 0.25) is 7.59 Å². The number of hydrogen-bond acceptors (Lipinski definition) is 2. The average Bonchev–Trinajstić information content (AvgIpc) is 2.37. The summed E-state index contributed by atoms with van der Waals surface area (Å²) in [5.74, 6) is 0. The van der Waals surface area contributed by atoms with E-state index in [1.807, 2.05) is 0 Å². The second kappa shape index (κ2) is 6.04. The summed E-state index contributed by atoms with van der Waals surface area (Å²) in [6, 6.07) is 4.93. The number of nitrogens with zero attached hydrogens (tertiary/aromatic N) is 2. The predicted octanol–water partition coefficient (Wildman–Crippen LogP) is 5.80. The zero-order valence-electron chi connectivity index (χ0n) is 9.63. The molecule has 0 amide bonds. The minimum atomic E-state index is -1.56. The van der Waals surface area contributed by atoms with E-state index in [1.165, 1.54) is 12.4 Å². The summed E-state index contributed by atoms with van der Waals surface area (Å²) in [6.07, 6.45) is 4.59. The molecule has 2 aromatic rings. The maximum atomic E-state index is 5.85. The summed E-state index contributed by atoms with van der Waals surface area (Å²) < 4.78 is -3.09. The Hall–Kier alpha value is 0.0400. The molecule has 2 aromatic heterocycles. The molecule has 0 aromatic carbocycles. The Balaban J connectivity index is 2.47. The van der Waals surface area contributed by atoms with E-state index in [4.69, 9.17) is 69.6 Å². The van der Waals surface area contributed by atoms with Gasteiger partial charge in [0.1, 0.15) is 0 Å². The fourth-order valence-electron chi connectivity index (χ4n) is 1.50. The van der Waals surface area contributed by atoms with Gasteiger partial charge < -0.3 is 0 Å². The summed E-state index contributed by atoms with van der Waals surface area (Å²) in [4.78, 5) is 8.23. The molecule has 0 aliphatic heterocycles. The molecule has 0 unspecified atom stereocenters. The molecule has 0 aliphatic rings. The lowest BCUT2D eigenvalue weighted by atomic mass is 10.1. The molecule has 20 heavy (non-hydrogen) atoms. The van der Waals surface area contributed by atoms with Crippen molar-refractivity contribution in [2.75, 3.05) is 0 Å². The molecular weight excluding hydrogens is 385 g/mol. The van der Waals surface area contributed by atoms with Gasteiger partial charge in [-0.2, -0.15) is 0 Å². The van der Waals surface area contributed by atoms with Crippen LogP contribution < -0.4 is 0 Å². The van der Waals surface area contributed by atoms with Crippen LogP contribution in [0.1, 0.15) is 11.1 Å². The molecule has 2 rings (SSSR count). The SMILES string of the molecule is ClC(Cl)(Cl)c1cncc(-c2cc(C(Cl)(Cl)Cl)ccn2)c1. The number of aromatic nitrogens is 2.